The summed E-state index contributed by atoms with van der Waals surface area (Å²) in [5.74, 6) is -4.49. The van der Waals surface area contributed by atoms with Crippen LogP contribution in [0.2, 0.25) is 15.1 Å². The van der Waals surface area contributed by atoms with Crippen molar-refractivity contribution >= 4 is 81.2 Å². The molecule has 0 bridgehead atoms. The van der Waals surface area contributed by atoms with Crippen LogP contribution in [0.4, 0.5) is 24.5 Å². The highest BCUT2D eigenvalue weighted by molar-refractivity contribution is 6.53. The van der Waals surface area contributed by atoms with Gasteiger partial charge in [0.1, 0.15) is 4.33 Å². The predicted molar refractivity (Wildman–Crippen MR) is 130 cm³/mol. The molecule has 0 saturated heterocycles. The van der Waals surface area contributed by atoms with Gasteiger partial charge in [-0.05, 0) is 42.0 Å². The van der Waals surface area contributed by atoms with E-state index in [1.807, 2.05) is 0 Å². The lowest BCUT2D eigenvalue weighted by molar-refractivity contribution is -0.173. The maximum Gasteiger partial charge on any atom is 0.392 e. The largest absolute Gasteiger partial charge is 0.392 e. The summed E-state index contributed by atoms with van der Waals surface area (Å²) in [5.41, 5.74) is 0.992. The van der Waals surface area contributed by atoms with Crippen LogP contribution < -0.4 is 10.2 Å². The minimum absolute atomic E-state index is 0.121. The van der Waals surface area contributed by atoms with Crippen molar-refractivity contribution in [2.75, 3.05) is 17.3 Å². The monoisotopic (exact) mass is 574 g/mol. The average Bonchev–Trinajstić information content (AvgIpc) is 3.29. The number of carbonyl (C=O) groups is 2. The van der Waals surface area contributed by atoms with Crippen LogP contribution in [0.15, 0.2) is 36.4 Å². The lowest BCUT2D eigenvalue weighted by Crippen LogP contribution is -2.32. The molecule has 1 saturated carbocycles. The van der Waals surface area contributed by atoms with Crippen LogP contribution in [-0.2, 0) is 9.59 Å². The Morgan fingerprint density at radius 1 is 1.09 bits per heavy atom. The quantitative estimate of drug-likeness (QED) is 0.358. The van der Waals surface area contributed by atoms with Crippen molar-refractivity contribution in [3.8, 4) is 0 Å². The number of anilines is 2. The smallest absolute Gasteiger partial charge is 0.326 e. The zero-order valence-corrected chi connectivity index (χ0v) is 21.5. The number of benzene rings is 2. The molecule has 0 heterocycles. The van der Waals surface area contributed by atoms with Crippen molar-refractivity contribution in [2.24, 2.45) is 11.8 Å². The Morgan fingerprint density at radius 3 is 2.24 bits per heavy atom. The molecule has 1 fully saturated rings. The standard InChI is InChI=1S/C22H18Cl5F3N2O2/c1-10(22(28,29)30)5-17(33)32(2)16-9-14(3-4-15(16)25)31-20(34)19-18(21(19,26)27)11-6-12(23)8-13(24)7-11/h3-4,6-10,18-19H,5H2,1-2H3,(H,31,34). The molecule has 12 heteroatoms. The summed E-state index contributed by atoms with van der Waals surface area (Å²) >= 11 is 31.0. The second kappa shape index (κ2) is 9.94. The van der Waals surface area contributed by atoms with Gasteiger partial charge in [0.2, 0.25) is 11.8 Å². The molecule has 0 aliphatic heterocycles. The Morgan fingerprint density at radius 2 is 1.68 bits per heavy atom. The molecule has 184 valence electrons. The van der Waals surface area contributed by atoms with Crippen LogP contribution in [0, 0.1) is 11.8 Å². The lowest BCUT2D eigenvalue weighted by atomic mass is 10.1. The first-order chi connectivity index (χ1) is 15.6. The van der Waals surface area contributed by atoms with Crippen molar-refractivity contribution in [1.29, 1.82) is 0 Å². The second-order valence-electron chi connectivity index (χ2n) is 8.09. The summed E-state index contributed by atoms with van der Waals surface area (Å²) in [7, 11) is 1.31. The topological polar surface area (TPSA) is 49.4 Å². The van der Waals surface area contributed by atoms with E-state index in [1.165, 1.54) is 31.3 Å². The second-order valence-corrected chi connectivity index (χ2v) is 10.8. The molecule has 2 aromatic carbocycles. The van der Waals surface area contributed by atoms with E-state index in [9.17, 15) is 22.8 Å². The first-order valence-corrected chi connectivity index (χ1v) is 11.8. The van der Waals surface area contributed by atoms with Gasteiger partial charge in [-0.2, -0.15) is 13.2 Å². The first-order valence-electron chi connectivity index (χ1n) is 9.90. The van der Waals surface area contributed by atoms with E-state index in [-0.39, 0.29) is 16.4 Å². The molecule has 4 nitrogen and oxygen atoms in total. The van der Waals surface area contributed by atoms with Crippen LogP contribution >= 0.6 is 58.0 Å². The highest BCUT2D eigenvalue weighted by Crippen LogP contribution is 2.65. The number of hydrogen-bond donors (Lipinski definition) is 1. The number of rotatable bonds is 6. The Kier molecular flexibility index (Phi) is 7.95. The van der Waals surface area contributed by atoms with Crippen molar-refractivity contribution in [3.63, 3.8) is 0 Å². The summed E-state index contributed by atoms with van der Waals surface area (Å²) < 4.78 is 37.1. The number of amides is 2. The molecular formula is C22H18Cl5F3N2O2. The summed E-state index contributed by atoms with van der Waals surface area (Å²) in [5, 5.41) is 3.52. The number of carbonyl (C=O) groups excluding carboxylic acids is 2. The minimum atomic E-state index is -4.50. The van der Waals surface area contributed by atoms with Crippen LogP contribution in [0.3, 0.4) is 0 Å². The molecule has 34 heavy (non-hydrogen) atoms. The first kappa shape index (κ1) is 27.2. The van der Waals surface area contributed by atoms with Gasteiger partial charge >= 0.3 is 6.18 Å². The molecule has 1 N–H and O–H groups in total. The third-order valence-corrected chi connectivity index (χ3v) is 7.27. The highest BCUT2D eigenvalue weighted by Gasteiger charge is 2.67. The van der Waals surface area contributed by atoms with Crippen molar-refractivity contribution in [2.45, 2.75) is 29.8 Å². The van der Waals surface area contributed by atoms with Crippen molar-refractivity contribution < 1.29 is 22.8 Å². The van der Waals surface area contributed by atoms with Crippen molar-refractivity contribution in [3.05, 3.63) is 57.0 Å². The van der Waals surface area contributed by atoms with Gasteiger partial charge in [0.05, 0.1) is 22.5 Å². The Labute approximate surface area is 219 Å². The van der Waals surface area contributed by atoms with E-state index in [4.69, 9.17) is 58.0 Å². The van der Waals surface area contributed by atoms with Gasteiger partial charge in [-0.15, -0.1) is 23.2 Å². The zero-order chi connectivity index (χ0) is 25.6. The van der Waals surface area contributed by atoms with E-state index < -0.39 is 46.5 Å². The fourth-order valence-corrected chi connectivity index (χ4v) is 5.15. The number of hydrogen-bond acceptors (Lipinski definition) is 2. The van der Waals surface area contributed by atoms with Gasteiger partial charge < -0.3 is 10.2 Å². The van der Waals surface area contributed by atoms with Gasteiger partial charge in [0.25, 0.3) is 0 Å². The molecular weight excluding hydrogens is 559 g/mol. The van der Waals surface area contributed by atoms with Crippen LogP contribution in [0.1, 0.15) is 24.8 Å². The summed E-state index contributed by atoms with van der Waals surface area (Å²) in [4.78, 5) is 26.3. The summed E-state index contributed by atoms with van der Waals surface area (Å²) in [6.07, 6.45) is -5.25. The van der Waals surface area contributed by atoms with E-state index in [0.717, 1.165) is 11.8 Å². The predicted octanol–water partition coefficient (Wildman–Crippen LogP) is 7.72. The molecule has 1 aliphatic carbocycles. The molecule has 1 aliphatic rings. The number of nitrogens with one attached hydrogen (secondary N) is 1. The Bertz CT molecular complexity index is 1110. The van der Waals surface area contributed by atoms with Crippen LogP contribution in [0.5, 0.6) is 0 Å². The van der Waals surface area contributed by atoms with Gasteiger partial charge in [-0.25, -0.2) is 0 Å². The number of nitrogens with zero attached hydrogens (tertiary/aromatic N) is 1. The maximum absolute atomic E-state index is 12.9. The average molecular weight is 577 g/mol. The molecule has 3 unspecified atom stereocenters. The zero-order valence-electron chi connectivity index (χ0n) is 17.7. The summed E-state index contributed by atoms with van der Waals surface area (Å²) in [6.45, 7) is 0.924. The molecule has 0 aromatic heterocycles. The van der Waals surface area contributed by atoms with Gasteiger partial charge in [-0.1, -0.05) is 41.7 Å². The fourth-order valence-electron chi connectivity index (χ4n) is 3.54. The van der Waals surface area contributed by atoms with Gasteiger partial charge in [0.15, 0.2) is 0 Å². The number of alkyl halides is 5. The maximum atomic E-state index is 12.9. The highest BCUT2D eigenvalue weighted by atomic mass is 35.5. The Hall–Kier alpha value is -1.38. The SMILES string of the molecule is CC(CC(=O)N(C)c1cc(NC(=O)C2C(c3cc(Cl)cc(Cl)c3)C2(Cl)Cl)ccc1Cl)C(F)(F)F. The lowest BCUT2D eigenvalue weighted by Gasteiger charge is -2.22. The normalized spacial score (nSPS) is 19.9. The Balaban J connectivity index is 1.76. The van der Waals surface area contributed by atoms with Crippen LogP contribution in [-0.4, -0.2) is 29.4 Å². The van der Waals surface area contributed by atoms with E-state index in [2.05, 4.69) is 5.32 Å². The number of halogens is 8. The van der Waals surface area contributed by atoms with Gasteiger partial charge in [-0.3, -0.25) is 9.59 Å². The van der Waals surface area contributed by atoms with E-state index in [0.29, 0.717) is 15.6 Å². The van der Waals surface area contributed by atoms with Crippen LogP contribution in [0.25, 0.3) is 0 Å². The van der Waals surface area contributed by atoms with E-state index in [1.54, 1.807) is 12.1 Å². The molecule has 0 radical (unpaired) electrons. The molecule has 0 spiro atoms. The van der Waals surface area contributed by atoms with E-state index >= 15 is 0 Å². The molecule has 2 amide bonds. The summed E-state index contributed by atoms with van der Waals surface area (Å²) in [6, 6.07) is 9.06. The third-order valence-electron chi connectivity index (χ3n) is 5.57. The minimum Gasteiger partial charge on any atom is -0.326 e. The molecule has 3 rings (SSSR count). The van der Waals surface area contributed by atoms with Gasteiger partial charge in [0, 0.05) is 35.1 Å². The van der Waals surface area contributed by atoms with Crippen molar-refractivity contribution in [1.82, 2.24) is 0 Å². The molecule has 2 aromatic rings. The third kappa shape index (κ3) is 5.88. The molecule has 3 atom stereocenters. The fraction of sp³-hybridized carbons (Fsp3) is 0.364.